The predicted octanol–water partition coefficient (Wildman–Crippen LogP) is 3.02. The molecular formula is C14H21F2NO. The van der Waals surface area contributed by atoms with Crippen LogP contribution in [0.25, 0.3) is 0 Å². The first-order valence-electron chi connectivity index (χ1n) is 6.31. The van der Waals surface area contributed by atoms with E-state index >= 15 is 0 Å². The highest BCUT2D eigenvalue weighted by Gasteiger charge is 2.14. The fraction of sp³-hybridized carbons (Fsp3) is 0.571. The molecule has 0 saturated heterocycles. The number of hydrogen-bond donors (Lipinski definition) is 2. The standard InChI is InChI=1S/C14H21F2NO/c1-4-9(2)14(18)8-17-10(3)11-5-12(15)7-13(16)6-11/h5-7,9-10,14,17-18H,4,8H2,1-3H3. The third kappa shape index (κ3) is 4.35. The highest BCUT2D eigenvalue weighted by atomic mass is 19.1. The van der Waals surface area contributed by atoms with E-state index in [9.17, 15) is 13.9 Å². The van der Waals surface area contributed by atoms with Gasteiger partial charge in [-0.3, -0.25) is 0 Å². The van der Waals surface area contributed by atoms with Gasteiger partial charge in [0.15, 0.2) is 0 Å². The second kappa shape index (κ2) is 6.81. The number of rotatable bonds is 6. The maximum absolute atomic E-state index is 13.1. The van der Waals surface area contributed by atoms with Gasteiger partial charge in [0.25, 0.3) is 0 Å². The molecular weight excluding hydrogens is 236 g/mol. The average molecular weight is 257 g/mol. The van der Waals surface area contributed by atoms with E-state index in [-0.39, 0.29) is 12.0 Å². The van der Waals surface area contributed by atoms with Gasteiger partial charge in [0.1, 0.15) is 11.6 Å². The third-order valence-corrected chi connectivity index (χ3v) is 3.32. The summed E-state index contributed by atoms with van der Waals surface area (Å²) in [6.07, 6.45) is 0.446. The Labute approximate surface area is 107 Å². The quantitative estimate of drug-likeness (QED) is 0.821. The van der Waals surface area contributed by atoms with Crippen LogP contribution in [-0.4, -0.2) is 17.8 Å². The molecule has 0 fully saturated rings. The lowest BCUT2D eigenvalue weighted by atomic mass is 10.0. The molecule has 102 valence electrons. The normalized spacial score (nSPS) is 16.3. The first kappa shape index (κ1) is 15.1. The third-order valence-electron chi connectivity index (χ3n) is 3.32. The monoisotopic (exact) mass is 257 g/mol. The van der Waals surface area contributed by atoms with E-state index in [1.165, 1.54) is 12.1 Å². The Kier molecular flexibility index (Phi) is 5.69. The van der Waals surface area contributed by atoms with Gasteiger partial charge in [-0.15, -0.1) is 0 Å². The van der Waals surface area contributed by atoms with Gasteiger partial charge in [-0.2, -0.15) is 0 Å². The molecule has 0 amide bonds. The van der Waals surface area contributed by atoms with Crippen LogP contribution in [0.3, 0.4) is 0 Å². The van der Waals surface area contributed by atoms with Crippen molar-refractivity contribution in [2.24, 2.45) is 5.92 Å². The highest BCUT2D eigenvalue weighted by molar-refractivity contribution is 5.20. The summed E-state index contributed by atoms with van der Waals surface area (Å²) in [4.78, 5) is 0. The summed E-state index contributed by atoms with van der Waals surface area (Å²) in [6.45, 7) is 6.21. The molecule has 4 heteroatoms. The molecule has 0 aliphatic carbocycles. The topological polar surface area (TPSA) is 32.3 Å². The summed E-state index contributed by atoms with van der Waals surface area (Å²) in [5, 5.41) is 12.9. The van der Waals surface area contributed by atoms with Crippen LogP contribution in [0, 0.1) is 17.6 Å². The zero-order valence-corrected chi connectivity index (χ0v) is 11.1. The second-order valence-corrected chi connectivity index (χ2v) is 4.79. The smallest absolute Gasteiger partial charge is 0.126 e. The molecule has 0 bridgehead atoms. The van der Waals surface area contributed by atoms with Crippen molar-refractivity contribution in [3.63, 3.8) is 0 Å². The molecule has 0 spiro atoms. The number of aliphatic hydroxyl groups is 1. The minimum Gasteiger partial charge on any atom is -0.392 e. The molecule has 18 heavy (non-hydrogen) atoms. The van der Waals surface area contributed by atoms with Gasteiger partial charge in [0, 0.05) is 18.7 Å². The van der Waals surface area contributed by atoms with Gasteiger partial charge >= 0.3 is 0 Å². The van der Waals surface area contributed by atoms with Crippen LogP contribution in [0.5, 0.6) is 0 Å². The predicted molar refractivity (Wildman–Crippen MR) is 68.2 cm³/mol. The summed E-state index contributed by atoms with van der Waals surface area (Å²) < 4.78 is 26.1. The Hall–Kier alpha value is -1.00. The maximum atomic E-state index is 13.1. The van der Waals surface area contributed by atoms with Gasteiger partial charge in [-0.25, -0.2) is 8.78 Å². The Morgan fingerprint density at radius 3 is 2.22 bits per heavy atom. The lowest BCUT2D eigenvalue weighted by Crippen LogP contribution is -2.33. The van der Waals surface area contributed by atoms with Crippen molar-refractivity contribution in [1.29, 1.82) is 0 Å². The SMILES string of the molecule is CCC(C)C(O)CNC(C)c1cc(F)cc(F)c1. The summed E-state index contributed by atoms with van der Waals surface area (Å²) >= 11 is 0. The van der Waals surface area contributed by atoms with Gasteiger partial charge in [-0.05, 0) is 30.5 Å². The molecule has 1 rings (SSSR count). The molecule has 2 N–H and O–H groups in total. The average Bonchev–Trinajstić information content (AvgIpc) is 2.33. The van der Waals surface area contributed by atoms with E-state index in [0.717, 1.165) is 12.5 Å². The molecule has 0 aliphatic heterocycles. The van der Waals surface area contributed by atoms with Crippen molar-refractivity contribution >= 4 is 0 Å². The van der Waals surface area contributed by atoms with Gasteiger partial charge < -0.3 is 10.4 Å². The molecule has 2 nitrogen and oxygen atoms in total. The molecule has 3 unspecified atom stereocenters. The second-order valence-electron chi connectivity index (χ2n) is 4.79. The minimum atomic E-state index is -0.582. The van der Waals surface area contributed by atoms with Crippen molar-refractivity contribution in [3.05, 3.63) is 35.4 Å². The first-order valence-corrected chi connectivity index (χ1v) is 6.31. The molecule has 0 saturated carbocycles. The zero-order chi connectivity index (χ0) is 13.7. The van der Waals surface area contributed by atoms with Crippen LogP contribution in [0.1, 0.15) is 38.8 Å². The van der Waals surface area contributed by atoms with Crippen LogP contribution in [-0.2, 0) is 0 Å². The number of benzene rings is 1. The Bertz CT molecular complexity index is 364. The summed E-state index contributed by atoms with van der Waals surface area (Å²) in [7, 11) is 0. The summed E-state index contributed by atoms with van der Waals surface area (Å²) in [5.74, 6) is -0.962. The van der Waals surface area contributed by atoms with Crippen LogP contribution in [0.4, 0.5) is 8.78 Å². The molecule has 1 aromatic carbocycles. The molecule has 0 radical (unpaired) electrons. The maximum Gasteiger partial charge on any atom is 0.126 e. The van der Waals surface area contributed by atoms with Crippen molar-refractivity contribution in [3.8, 4) is 0 Å². The summed E-state index contributed by atoms with van der Waals surface area (Å²) in [6, 6.07) is 3.26. The Morgan fingerprint density at radius 1 is 1.17 bits per heavy atom. The van der Waals surface area contributed by atoms with Crippen LogP contribution >= 0.6 is 0 Å². The Morgan fingerprint density at radius 2 is 1.72 bits per heavy atom. The van der Waals surface area contributed by atoms with E-state index < -0.39 is 17.7 Å². The molecule has 3 atom stereocenters. The number of nitrogens with one attached hydrogen (secondary N) is 1. The molecule has 1 aromatic rings. The number of aliphatic hydroxyl groups excluding tert-OH is 1. The largest absolute Gasteiger partial charge is 0.392 e. The van der Waals surface area contributed by atoms with Crippen molar-refractivity contribution < 1.29 is 13.9 Å². The van der Waals surface area contributed by atoms with Gasteiger partial charge in [0.2, 0.25) is 0 Å². The minimum absolute atomic E-state index is 0.200. The molecule has 0 aliphatic rings. The van der Waals surface area contributed by atoms with Crippen molar-refractivity contribution in [1.82, 2.24) is 5.32 Å². The van der Waals surface area contributed by atoms with Crippen molar-refractivity contribution in [2.75, 3.05) is 6.54 Å². The van der Waals surface area contributed by atoms with Gasteiger partial charge in [0.05, 0.1) is 6.10 Å². The molecule has 0 aromatic heterocycles. The zero-order valence-electron chi connectivity index (χ0n) is 11.1. The van der Waals surface area contributed by atoms with Gasteiger partial charge in [-0.1, -0.05) is 20.3 Å². The van der Waals surface area contributed by atoms with E-state index in [0.29, 0.717) is 12.1 Å². The fourth-order valence-corrected chi connectivity index (χ4v) is 1.71. The number of hydrogen-bond acceptors (Lipinski definition) is 2. The van der Waals surface area contributed by atoms with Crippen LogP contribution in [0.2, 0.25) is 0 Å². The fourth-order valence-electron chi connectivity index (χ4n) is 1.71. The van der Waals surface area contributed by atoms with E-state index in [1.54, 1.807) is 0 Å². The molecule has 0 heterocycles. The van der Waals surface area contributed by atoms with Crippen molar-refractivity contribution in [2.45, 2.75) is 39.3 Å². The summed E-state index contributed by atoms with van der Waals surface area (Å²) in [5.41, 5.74) is 0.545. The lowest BCUT2D eigenvalue weighted by Gasteiger charge is -2.21. The lowest BCUT2D eigenvalue weighted by molar-refractivity contribution is 0.110. The first-order chi connectivity index (χ1) is 8.43. The highest BCUT2D eigenvalue weighted by Crippen LogP contribution is 2.16. The van der Waals surface area contributed by atoms with E-state index in [1.807, 2.05) is 20.8 Å². The Balaban J connectivity index is 2.57. The van der Waals surface area contributed by atoms with Crippen LogP contribution < -0.4 is 5.32 Å². The van der Waals surface area contributed by atoms with Crippen LogP contribution in [0.15, 0.2) is 18.2 Å². The number of halogens is 2. The van der Waals surface area contributed by atoms with E-state index in [4.69, 9.17) is 0 Å². The van der Waals surface area contributed by atoms with E-state index in [2.05, 4.69) is 5.32 Å².